The zero-order valence-corrected chi connectivity index (χ0v) is 14.0. The number of furan rings is 1. The van der Waals surface area contributed by atoms with Gasteiger partial charge in [0.25, 0.3) is 11.8 Å². The highest BCUT2D eigenvalue weighted by atomic mass is 19.1. The number of amides is 2. The first-order valence-electron chi connectivity index (χ1n) is 8.52. The Balaban J connectivity index is 1.75. The molecule has 4 rings (SSSR count). The Morgan fingerprint density at radius 1 is 1.00 bits per heavy atom. The third kappa shape index (κ3) is 2.83. The number of hydrogen-bond donors (Lipinski definition) is 1. The number of nitrogens with one attached hydrogen (secondary N) is 1. The molecule has 1 aliphatic heterocycles. The van der Waals surface area contributed by atoms with Crippen LogP contribution in [-0.2, 0) is 0 Å². The van der Waals surface area contributed by atoms with Crippen molar-refractivity contribution in [3.05, 3.63) is 65.7 Å². The van der Waals surface area contributed by atoms with Gasteiger partial charge in [0.05, 0.1) is 5.56 Å². The van der Waals surface area contributed by atoms with E-state index in [0.717, 1.165) is 12.8 Å². The monoisotopic (exact) mass is 352 g/mol. The van der Waals surface area contributed by atoms with E-state index in [0.29, 0.717) is 24.1 Å². The van der Waals surface area contributed by atoms with E-state index in [9.17, 15) is 14.0 Å². The first-order valence-corrected chi connectivity index (χ1v) is 8.52. The number of halogens is 1. The van der Waals surface area contributed by atoms with Crippen molar-refractivity contribution in [2.45, 2.75) is 12.8 Å². The van der Waals surface area contributed by atoms with Crippen molar-refractivity contribution >= 4 is 28.5 Å². The molecule has 1 saturated heterocycles. The van der Waals surface area contributed by atoms with E-state index in [1.807, 2.05) is 0 Å². The summed E-state index contributed by atoms with van der Waals surface area (Å²) in [4.78, 5) is 27.1. The fraction of sp³-hybridized carbons (Fsp3) is 0.200. The molecule has 5 nitrogen and oxygen atoms in total. The second kappa shape index (κ2) is 6.63. The molecule has 0 atom stereocenters. The van der Waals surface area contributed by atoms with Gasteiger partial charge < -0.3 is 14.6 Å². The number of benzene rings is 2. The summed E-state index contributed by atoms with van der Waals surface area (Å²) < 4.78 is 19.7. The Kier molecular flexibility index (Phi) is 4.16. The van der Waals surface area contributed by atoms with Crippen molar-refractivity contribution in [2.24, 2.45) is 0 Å². The smallest absolute Gasteiger partial charge is 0.291 e. The van der Waals surface area contributed by atoms with Crippen LogP contribution in [0.15, 0.2) is 52.9 Å². The molecule has 2 heterocycles. The molecule has 3 aromatic rings. The lowest BCUT2D eigenvalue weighted by Gasteiger charge is -2.14. The molecule has 26 heavy (non-hydrogen) atoms. The van der Waals surface area contributed by atoms with Crippen LogP contribution < -0.4 is 5.32 Å². The van der Waals surface area contributed by atoms with Crippen LogP contribution in [0, 0.1) is 5.82 Å². The van der Waals surface area contributed by atoms with Gasteiger partial charge in [-0.2, -0.15) is 0 Å². The maximum Gasteiger partial charge on any atom is 0.291 e. The van der Waals surface area contributed by atoms with Crippen molar-refractivity contribution < 1.29 is 18.4 Å². The predicted octanol–water partition coefficient (Wildman–Crippen LogP) is 4.06. The number of nitrogens with zero attached hydrogens (tertiary/aromatic N) is 1. The minimum Gasteiger partial charge on any atom is -0.449 e. The lowest BCUT2D eigenvalue weighted by Crippen LogP contribution is -2.28. The molecule has 1 aromatic heterocycles. The van der Waals surface area contributed by atoms with Crippen LogP contribution in [0.1, 0.15) is 33.8 Å². The number of likely N-dealkylation sites (tertiary alicyclic amines) is 1. The fourth-order valence-electron chi connectivity index (χ4n) is 3.21. The van der Waals surface area contributed by atoms with Crippen LogP contribution >= 0.6 is 0 Å². The standard InChI is InChI=1S/C20H17FN2O3/c21-15-9-3-1-7-13(15)19(24)22-17-14-8-2-4-10-16(14)26-18(17)20(25)23-11-5-6-12-23/h1-4,7-10H,5-6,11-12H2,(H,22,24). The number of anilines is 1. The van der Waals surface area contributed by atoms with Crippen molar-refractivity contribution in [1.82, 2.24) is 4.90 Å². The van der Waals surface area contributed by atoms with E-state index in [4.69, 9.17) is 4.42 Å². The van der Waals surface area contributed by atoms with E-state index in [-0.39, 0.29) is 22.9 Å². The summed E-state index contributed by atoms with van der Waals surface area (Å²) in [5, 5.41) is 3.29. The minimum atomic E-state index is -0.620. The number of rotatable bonds is 3. The summed E-state index contributed by atoms with van der Waals surface area (Å²) in [5.41, 5.74) is 0.696. The number of fused-ring (bicyclic) bond motifs is 1. The average Bonchev–Trinajstić information content (AvgIpc) is 3.30. The van der Waals surface area contributed by atoms with Gasteiger partial charge in [-0.25, -0.2) is 4.39 Å². The van der Waals surface area contributed by atoms with Gasteiger partial charge in [-0.1, -0.05) is 24.3 Å². The van der Waals surface area contributed by atoms with Gasteiger partial charge in [-0.3, -0.25) is 9.59 Å². The maximum atomic E-state index is 13.9. The Hall–Kier alpha value is -3.15. The van der Waals surface area contributed by atoms with Crippen LogP contribution in [0.5, 0.6) is 0 Å². The van der Waals surface area contributed by atoms with Gasteiger partial charge in [-0.05, 0) is 37.1 Å². The molecule has 0 spiro atoms. The van der Waals surface area contributed by atoms with Crippen LogP contribution in [0.2, 0.25) is 0 Å². The Morgan fingerprint density at radius 3 is 2.46 bits per heavy atom. The van der Waals surface area contributed by atoms with Crippen molar-refractivity contribution in [3.8, 4) is 0 Å². The normalized spacial score (nSPS) is 14.0. The van der Waals surface area contributed by atoms with Crippen LogP contribution in [0.25, 0.3) is 11.0 Å². The van der Waals surface area contributed by atoms with E-state index >= 15 is 0 Å². The quantitative estimate of drug-likeness (QED) is 0.773. The van der Waals surface area contributed by atoms with Crippen LogP contribution in [0.4, 0.5) is 10.1 Å². The van der Waals surface area contributed by atoms with Crippen LogP contribution in [-0.4, -0.2) is 29.8 Å². The summed E-state index contributed by atoms with van der Waals surface area (Å²) in [5.74, 6) is -1.42. The zero-order valence-electron chi connectivity index (χ0n) is 14.0. The Bertz CT molecular complexity index is 990. The summed E-state index contributed by atoms with van der Waals surface area (Å²) in [6, 6.07) is 12.8. The molecule has 132 valence electrons. The van der Waals surface area contributed by atoms with E-state index in [1.165, 1.54) is 18.2 Å². The lowest BCUT2D eigenvalue weighted by atomic mass is 10.1. The molecule has 0 bridgehead atoms. The second-order valence-electron chi connectivity index (χ2n) is 6.24. The van der Waals surface area contributed by atoms with E-state index in [1.54, 1.807) is 35.2 Å². The van der Waals surface area contributed by atoms with Gasteiger partial charge in [0.15, 0.2) is 0 Å². The van der Waals surface area contributed by atoms with Gasteiger partial charge in [0.1, 0.15) is 17.1 Å². The SMILES string of the molecule is O=C(Nc1c(C(=O)N2CCCC2)oc2ccccc12)c1ccccc1F. The van der Waals surface area contributed by atoms with Crippen molar-refractivity contribution in [1.29, 1.82) is 0 Å². The minimum absolute atomic E-state index is 0.0813. The predicted molar refractivity (Wildman–Crippen MR) is 95.7 cm³/mol. The molecular weight excluding hydrogens is 335 g/mol. The molecule has 0 unspecified atom stereocenters. The van der Waals surface area contributed by atoms with E-state index in [2.05, 4.69) is 5.32 Å². The topological polar surface area (TPSA) is 62.6 Å². The van der Waals surface area contributed by atoms with Crippen molar-refractivity contribution in [2.75, 3.05) is 18.4 Å². The molecular formula is C20H17FN2O3. The molecule has 2 amide bonds. The largest absolute Gasteiger partial charge is 0.449 e. The van der Waals surface area contributed by atoms with Gasteiger partial charge in [0.2, 0.25) is 5.76 Å². The van der Waals surface area contributed by atoms with Gasteiger partial charge >= 0.3 is 0 Å². The third-order valence-corrected chi connectivity index (χ3v) is 4.54. The summed E-state index contributed by atoms with van der Waals surface area (Å²) in [6.07, 6.45) is 1.89. The number of para-hydroxylation sites is 1. The molecule has 1 aliphatic rings. The van der Waals surface area contributed by atoms with Gasteiger partial charge in [0, 0.05) is 18.5 Å². The Morgan fingerprint density at radius 2 is 1.69 bits per heavy atom. The second-order valence-corrected chi connectivity index (χ2v) is 6.24. The summed E-state index contributed by atoms with van der Waals surface area (Å²) in [7, 11) is 0. The lowest BCUT2D eigenvalue weighted by molar-refractivity contribution is 0.0765. The fourth-order valence-corrected chi connectivity index (χ4v) is 3.21. The molecule has 0 radical (unpaired) electrons. The first kappa shape index (κ1) is 16.3. The summed E-state index contributed by atoms with van der Waals surface area (Å²) in [6.45, 7) is 1.33. The summed E-state index contributed by atoms with van der Waals surface area (Å²) >= 11 is 0. The zero-order chi connectivity index (χ0) is 18.1. The molecule has 1 fully saturated rings. The highest BCUT2D eigenvalue weighted by Gasteiger charge is 2.28. The molecule has 2 aromatic carbocycles. The Labute approximate surface area is 149 Å². The molecule has 6 heteroatoms. The van der Waals surface area contributed by atoms with Crippen LogP contribution in [0.3, 0.4) is 0 Å². The first-order chi connectivity index (χ1) is 12.6. The molecule has 0 saturated carbocycles. The van der Waals surface area contributed by atoms with E-state index < -0.39 is 11.7 Å². The molecule has 0 aliphatic carbocycles. The van der Waals surface area contributed by atoms with Gasteiger partial charge in [-0.15, -0.1) is 0 Å². The third-order valence-electron chi connectivity index (χ3n) is 4.54. The van der Waals surface area contributed by atoms with Crippen molar-refractivity contribution in [3.63, 3.8) is 0 Å². The average molecular weight is 352 g/mol. The number of carbonyl (C=O) groups excluding carboxylic acids is 2. The highest BCUT2D eigenvalue weighted by Crippen LogP contribution is 2.33. The number of carbonyl (C=O) groups is 2. The highest BCUT2D eigenvalue weighted by molar-refractivity contribution is 6.14. The maximum absolute atomic E-state index is 13.9. The number of hydrogen-bond acceptors (Lipinski definition) is 3. The molecule has 1 N–H and O–H groups in total.